The second-order valence-corrected chi connectivity index (χ2v) is 26.3. The van der Waals surface area contributed by atoms with Gasteiger partial charge < -0.3 is 0 Å². The van der Waals surface area contributed by atoms with Crippen LogP contribution in [-0.2, 0) is 92.3 Å². The molecule has 66 heavy (non-hydrogen) atoms. The minimum absolute atomic E-state index is 0.441. The topological polar surface area (TPSA) is 111 Å². The number of hydrogen-bond donors (Lipinski definition) is 0. The molecule has 0 spiro atoms. The van der Waals surface area contributed by atoms with E-state index >= 15 is 0 Å². The van der Waals surface area contributed by atoms with Crippen molar-refractivity contribution in [2.75, 3.05) is 0 Å². The van der Waals surface area contributed by atoms with Crippen molar-refractivity contribution in [3.8, 4) is 0 Å². The first-order chi connectivity index (χ1) is 28.9. The summed E-state index contributed by atoms with van der Waals surface area (Å²) in [5, 5.41) is 0. The van der Waals surface area contributed by atoms with E-state index in [9.17, 15) is 0 Å². The Morgan fingerprint density at radius 2 is 0.258 bits per heavy atom. The Hall–Kier alpha value is -2.04. The van der Waals surface area contributed by atoms with E-state index in [1.54, 1.807) is 0 Å². The lowest BCUT2D eigenvalue weighted by Gasteiger charge is -2.35. The summed E-state index contributed by atoms with van der Waals surface area (Å²) in [6, 6.07) is 12.3. The van der Waals surface area contributed by atoms with E-state index in [4.69, 9.17) is 58.7 Å². The summed E-state index contributed by atoms with van der Waals surface area (Å²) in [7, 11) is 0. The molecule has 12 nitrogen and oxygen atoms in total. The number of benzene rings is 2. The molecule has 2 rings (SSSR count). The predicted octanol–water partition coefficient (Wildman–Crippen LogP) is 15.3. The zero-order valence-electron chi connectivity index (χ0n) is 47.4. The van der Waals surface area contributed by atoms with Gasteiger partial charge in [0.15, 0.2) is 0 Å². The van der Waals surface area contributed by atoms with Gasteiger partial charge in [-0.05, 0) is 277 Å². The van der Waals surface area contributed by atoms with Crippen molar-refractivity contribution >= 4 is 0 Å². The lowest BCUT2D eigenvalue weighted by Crippen LogP contribution is -2.33. The number of rotatable bonds is 18. The van der Waals surface area contributed by atoms with Gasteiger partial charge in [0.1, 0.15) is 33.6 Å². The summed E-state index contributed by atoms with van der Waals surface area (Å²) in [5.41, 5.74) is -1.57. The van der Waals surface area contributed by atoms with Gasteiger partial charge in [0.05, 0.1) is 33.6 Å². The molecule has 0 bridgehead atoms. The fraction of sp³-hybridized carbons (Fsp3) is 0.778. The average Bonchev–Trinajstić information content (AvgIpc) is 3.12. The van der Waals surface area contributed by atoms with E-state index in [0.29, 0.717) is 0 Å². The molecular formula is C54H96O12. The van der Waals surface area contributed by atoms with E-state index in [2.05, 4.69) is 36.4 Å². The van der Waals surface area contributed by atoms with Crippen LogP contribution >= 0.6 is 0 Å². The molecule has 0 atom stereocenters. The third-order valence-electron chi connectivity index (χ3n) is 9.04. The smallest absolute Gasteiger partial charge is 0.123 e. The van der Waals surface area contributed by atoms with Gasteiger partial charge in [0, 0.05) is 0 Å². The third-order valence-corrected chi connectivity index (χ3v) is 9.04. The third kappa shape index (κ3) is 23.0. The summed E-state index contributed by atoms with van der Waals surface area (Å²) < 4.78 is 0. The Morgan fingerprint density at radius 3 is 0.333 bits per heavy atom. The Balaban J connectivity index is 0.000000660. The standard InChI is InChI=1S/2C27H48O6/c2*1-22(2,3)28-31-25(10,11)19-16-20(26(12,13)32-29-23(4,5)6)18-21(17-19)27(14,15)33-30-24(7,8)9/h2*16-18H,1-15H3. The van der Waals surface area contributed by atoms with Gasteiger partial charge in [-0.15, -0.1) is 0 Å². The Labute approximate surface area is 402 Å². The summed E-state index contributed by atoms with van der Waals surface area (Å²) in [5.74, 6) is 0. The maximum atomic E-state index is 5.90. The van der Waals surface area contributed by atoms with Crippen molar-refractivity contribution in [1.82, 2.24) is 0 Å². The second-order valence-electron chi connectivity index (χ2n) is 26.3. The fourth-order valence-electron chi connectivity index (χ4n) is 5.00. The summed E-state index contributed by atoms with van der Waals surface area (Å²) in [6.45, 7) is 58.8. The van der Waals surface area contributed by atoms with Gasteiger partial charge in [-0.1, -0.05) is 0 Å². The summed E-state index contributed by atoms with van der Waals surface area (Å²) >= 11 is 0. The molecule has 12 heteroatoms. The zero-order chi connectivity index (χ0) is 52.2. The highest BCUT2D eigenvalue weighted by atomic mass is 17.2. The average molecular weight is 937 g/mol. The lowest BCUT2D eigenvalue weighted by molar-refractivity contribution is -0.404. The molecule has 2 aromatic carbocycles. The minimum Gasteiger partial charge on any atom is -0.230 e. The van der Waals surface area contributed by atoms with Crippen molar-refractivity contribution in [2.45, 2.75) is 275 Å². The van der Waals surface area contributed by atoms with Crippen molar-refractivity contribution in [1.29, 1.82) is 0 Å². The Morgan fingerprint density at radius 1 is 0.167 bits per heavy atom. The number of hydrogen-bond acceptors (Lipinski definition) is 12. The normalized spacial score (nSPS) is 14.6. The van der Waals surface area contributed by atoms with Crippen LogP contribution in [0.2, 0.25) is 0 Å². The van der Waals surface area contributed by atoms with Crippen LogP contribution in [0.3, 0.4) is 0 Å². The largest absolute Gasteiger partial charge is 0.230 e. The maximum absolute atomic E-state index is 5.90. The molecule has 0 amide bonds. The van der Waals surface area contributed by atoms with Gasteiger partial charge in [-0.25, -0.2) is 58.7 Å². The van der Waals surface area contributed by atoms with Crippen LogP contribution in [0.4, 0.5) is 0 Å². The molecule has 0 aliphatic rings. The second kappa shape index (κ2) is 21.5. The first kappa shape index (κ1) is 62.0. The van der Waals surface area contributed by atoms with Gasteiger partial charge in [-0.2, -0.15) is 0 Å². The van der Waals surface area contributed by atoms with Crippen LogP contribution in [0.25, 0.3) is 0 Å². The van der Waals surface area contributed by atoms with E-state index < -0.39 is 67.2 Å². The molecule has 0 aromatic heterocycles. The Kier molecular flexibility index (Phi) is 20.2. The van der Waals surface area contributed by atoms with Crippen molar-refractivity contribution in [2.24, 2.45) is 0 Å². The minimum atomic E-state index is -0.736. The summed E-state index contributed by atoms with van der Waals surface area (Å²) in [4.78, 5) is 69.4. The Bertz CT molecular complexity index is 1450. The molecule has 0 saturated heterocycles. The van der Waals surface area contributed by atoms with Crippen LogP contribution in [0.1, 0.15) is 241 Å². The van der Waals surface area contributed by atoms with E-state index in [0.717, 1.165) is 33.4 Å². The monoisotopic (exact) mass is 937 g/mol. The van der Waals surface area contributed by atoms with Gasteiger partial charge in [0.25, 0.3) is 0 Å². The SMILES string of the molecule is CC(C)(C)OOC(C)(C)c1cc(C(C)(C)OOC(C)(C)C)cc(C(C)(C)OOC(C)(C)C)c1.CC(C)(C)OOC(C)(C)c1cc(C(C)(C)OOC(C)(C)C)cc(C(C)(C)OOC(C)(C)C)c1. The summed E-state index contributed by atoms with van der Waals surface area (Å²) in [6.07, 6.45) is 0. The van der Waals surface area contributed by atoms with Crippen LogP contribution < -0.4 is 0 Å². The van der Waals surface area contributed by atoms with Gasteiger partial charge in [0.2, 0.25) is 0 Å². The zero-order valence-corrected chi connectivity index (χ0v) is 47.4. The molecule has 0 fully saturated rings. The molecule has 2 aromatic rings. The molecule has 0 aliphatic carbocycles. The predicted molar refractivity (Wildman–Crippen MR) is 263 cm³/mol. The van der Waals surface area contributed by atoms with Crippen LogP contribution in [0.5, 0.6) is 0 Å². The lowest BCUT2D eigenvalue weighted by atomic mass is 9.85. The van der Waals surface area contributed by atoms with Crippen molar-refractivity contribution in [3.63, 3.8) is 0 Å². The van der Waals surface area contributed by atoms with Gasteiger partial charge >= 0.3 is 0 Å². The molecule has 0 N–H and O–H groups in total. The van der Waals surface area contributed by atoms with Crippen LogP contribution in [0.15, 0.2) is 36.4 Å². The van der Waals surface area contributed by atoms with Crippen LogP contribution in [0, 0.1) is 0 Å². The fourth-order valence-corrected chi connectivity index (χ4v) is 5.00. The molecule has 0 aliphatic heterocycles. The maximum Gasteiger partial charge on any atom is 0.123 e. The molecular weight excluding hydrogens is 841 g/mol. The highest BCUT2D eigenvalue weighted by Crippen LogP contribution is 2.40. The molecule has 384 valence electrons. The van der Waals surface area contributed by atoms with E-state index in [1.807, 2.05) is 208 Å². The quantitative estimate of drug-likeness (QED) is 0.105. The van der Waals surface area contributed by atoms with Crippen LogP contribution in [-0.4, -0.2) is 33.6 Å². The molecule has 0 heterocycles. The molecule has 0 saturated carbocycles. The first-order valence-electron chi connectivity index (χ1n) is 23.4. The van der Waals surface area contributed by atoms with E-state index in [1.165, 1.54) is 0 Å². The van der Waals surface area contributed by atoms with E-state index in [-0.39, 0.29) is 0 Å². The highest BCUT2D eigenvalue weighted by Gasteiger charge is 2.37. The van der Waals surface area contributed by atoms with Gasteiger partial charge in [-0.3, -0.25) is 0 Å². The van der Waals surface area contributed by atoms with Crippen molar-refractivity contribution < 1.29 is 58.7 Å². The molecule has 0 radical (unpaired) electrons. The first-order valence-corrected chi connectivity index (χ1v) is 23.4. The van der Waals surface area contributed by atoms with Crippen molar-refractivity contribution in [3.05, 3.63) is 69.8 Å². The highest BCUT2D eigenvalue weighted by molar-refractivity contribution is 5.39. The molecule has 0 unspecified atom stereocenters.